The number of hydrogen-bond donors (Lipinski definition) is 1. The molecule has 0 aliphatic carbocycles. The summed E-state index contributed by atoms with van der Waals surface area (Å²) in [6.45, 7) is 1.70. The number of rotatable bonds is 2. The van der Waals surface area contributed by atoms with Gasteiger partial charge < -0.3 is 10.0 Å². The quantitative estimate of drug-likeness (QED) is 0.923. The molecule has 1 aliphatic rings. The number of phenols is 1. The van der Waals surface area contributed by atoms with Crippen molar-refractivity contribution >= 4 is 17.2 Å². The fraction of sp³-hybridized carbons (Fsp3) is 0.333. The van der Waals surface area contributed by atoms with Gasteiger partial charge in [0.05, 0.1) is 6.20 Å². The molecule has 20 heavy (non-hydrogen) atoms. The van der Waals surface area contributed by atoms with Crippen molar-refractivity contribution in [3.63, 3.8) is 0 Å². The van der Waals surface area contributed by atoms with Crippen LogP contribution in [0.4, 0.5) is 0 Å². The number of hydrogen-bond acceptors (Lipinski definition) is 4. The van der Waals surface area contributed by atoms with Crippen molar-refractivity contribution in [1.29, 1.82) is 0 Å². The normalized spacial score (nSPS) is 15.3. The molecule has 1 aromatic heterocycles. The first-order valence-corrected chi connectivity index (χ1v) is 7.60. The van der Waals surface area contributed by atoms with E-state index in [0.29, 0.717) is 4.88 Å². The second-order valence-electron chi connectivity index (χ2n) is 4.93. The highest BCUT2D eigenvalue weighted by Gasteiger charge is 2.20. The Balaban J connectivity index is 1.79. The van der Waals surface area contributed by atoms with Crippen LogP contribution in [0.3, 0.4) is 0 Å². The predicted molar refractivity (Wildman–Crippen MR) is 79.0 cm³/mol. The predicted octanol–water partition coefficient (Wildman–Crippen LogP) is 3.14. The summed E-state index contributed by atoms with van der Waals surface area (Å²) < 4.78 is 0. The highest BCUT2D eigenvalue weighted by Crippen LogP contribution is 2.27. The van der Waals surface area contributed by atoms with Gasteiger partial charge in [0.1, 0.15) is 15.6 Å². The minimum Gasteiger partial charge on any atom is -0.508 e. The molecule has 1 aliphatic heterocycles. The van der Waals surface area contributed by atoms with Gasteiger partial charge in [-0.3, -0.25) is 4.79 Å². The van der Waals surface area contributed by atoms with Crippen LogP contribution in [0, 0.1) is 0 Å². The molecule has 2 heterocycles. The highest BCUT2D eigenvalue weighted by molar-refractivity contribution is 7.16. The summed E-state index contributed by atoms with van der Waals surface area (Å²) in [7, 11) is 0. The molecule has 1 aromatic carbocycles. The fourth-order valence-electron chi connectivity index (χ4n) is 2.36. The Labute approximate surface area is 121 Å². The maximum atomic E-state index is 12.4. The van der Waals surface area contributed by atoms with Crippen LogP contribution >= 0.6 is 11.3 Å². The number of amides is 1. The minimum atomic E-state index is 0.0900. The number of aromatic hydroxyl groups is 1. The molecular formula is C15H16N2O2S. The van der Waals surface area contributed by atoms with Crippen molar-refractivity contribution in [2.45, 2.75) is 19.3 Å². The lowest BCUT2D eigenvalue weighted by Gasteiger charge is -2.25. The Kier molecular flexibility index (Phi) is 3.69. The Morgan fingerprint density at radius 1 is 1.15 bits per heavy atom. The fourth-order valence-corrected chi connectivity index (χ4v) is 3.25. The van der Waals surface area contributed by atoms with Crippen molar-refractivity contribution in [2.24, 2.45) is 0 Å². The zero-order valence-electron chi connectivity index (χ0n) is 11.1. The average Bonchev–Trinajstić information content (AvgIpc) is 2.98. The standard InChI is InChI=1S/C15H16N2O2S/c18-12-6-4-11(5-7-12)14-16-10-13(20-14)15(19)17-8-2-1-3-9-17/h4-7,10,18H,1-3,8-9H2. The van der Waals surface area contributed by atoms with Crippen LogP contribution < -0.4 is 0 Å². The van der Waals surface area contributed by atoms with Crippen LogP contribution in [-0.4, -0.2) is 34.0 Å². The zero-order valence-corrected chi connectivity index (χ0v) is 11.9. The van der Waals surface area contributed by atoms with Crippen LogP contribution in [0.5, 0.6) is 5.75 Å². The van der Waals surface area contributed by atoms with Crippen molar-refractivity contribution < 1.29 is 9.90 Å². The van der Waals surface area contributed by atoms with Gasteiger partial charge in [-0.05, 0) is 43.5 Å². The monoisotopic (exact) mass is 288 g/mol. The van der Waals surface area contributed by atoms with E-state index < -0.39 is 0 Å². The van der Waals surface area contributed by atoms with E-state index in [9.17, 15) is 9.90 Å². The van der Waals surface area contributed by atoms with Gasteiger partial charge in [-0.2, -0.15) is 0 Å². The zero-order chi connectivity index (χ0) is 13.9. The lowest BCUT2D eigenvalue weighted by molar-refractivity contribution is 0.0729. The highest BCUT2D eigenvalue weighted by atomic mass is 32.1. The summed E-state index contributed by atoms with van der Waals surface area (Å²) in [5.74, 6) is 0.321. The van der Waals surface area contributed by atoms with E-state index in [0.717, 1.165) is 36.5 Å². The van der Waals surface area contributed by atoms with E-state index in [2.05, 4.69) is 4.98 Å². The Bertz CT molecular complexity index is 601. The first-order chi connectivity index (χ1) is 9.74. The van der Waals surface area contributed by atoms with Crippen molar-refractivity contribution in [3.05, 3.63) is 35.3 Å². The number of phenolic OH excluding ortho intramolecular Hbond substituents is 1. The second-order valence-corrected chi connectivity index (χ2v) is 5.96. The third kappa shape index (κ3) is 2.67. The molecule has 0 saturated carbocycles. The molecule has 3 rings (SSSR count). The Hall–Kier alpha value is -1.88. The topological polar surface area (TPSA) is 53.4 Å². The molecule has 0 spiro atoms. The molecule has 0 unspecified atom stereocenters. The maximum absolute atomic E-state index is 12.4. The third-order valence-corrected chi connectivity index (χ3v) is 4.51. The van der Waals surface area contributed by atoms with E-state index in [1.54, 1.807) is 18.3 Å². The number of carbonyl (C=O) groups is 1. The number of thiazole rings is 1. The number of aromatic nitrogens is 1. The summed E-state index contributed by atoms with van der Waals surface area (Å²) in [5.41, 5.74) is 0.922. The van der Waals surface area contributed by atoms with Gasteiger partial charge in [-0.1, -0.05) is 0 Å². The van der Waals surface area contributed by atoms with E-state index in [1.807, 2.05) is 17.0 Å². The SMILES string of the molecule is O=C(c1cnc(-c2ccc(O)cc2)s1)N1CCCCC1. The molecule has 0 bridgehead atoms. The average molecular weight is 288 g/mol. The van der Waals surface area contributed by atoms with Gasteiger partial charge in [-0.25, -0.2) is 4.98 Å². The Morgan fingerprint density at radius 3 is 2.55 bits per heavy atom. The van der Waals surface area contributed by atoms with E-state index in [4.69, 9.17) is 0 Å². The molecule has 104 valence electrons. The molecule has 2 aromatic rings. The smallest absolute Gasteiger partial charge is 0.265 e. The first kappa shape index (κ1) is 13.1. The number of piperidine rings is 1. The molecule has 1 N–H and O–H groups in total. The Morgan fingerprint density at radius 2 is 1.85 bits per heavy atom. The second kappa shape index (κ2) is 5.63. The summed E-state index contributed by atoms with van der Waals surface area (Å²) >= 11 is 1.41. The number of benzene rings is 1. The van der Waals surface area contributed by atoms with Crippen molar-refractivity contribution in [1.82, 2.24) is 9.88 Å². The summed E-state index contributed by atoms with van der Waals surface area (Å²) in [4.78, 5) is 19.3. The van der Waals surface area contributed by atoms with Crippen molar-refractivity contribution in [3.8, 4) is 16.3 Å². The summed E-state index contributed by atoms with van der Waals surface area (Å²) in [6, 6.07) is 6.87. The van der Waals surface area contributed by atoms with Crippen LogP contribution in [0.2, 0.25) is 0 Å². The van der Waals surface area contributed by atoms with Gasteiger partial charge in [0.2, 0.25) is 0 Å². The number of carbonyl (C=O) groups excluding carboxylic acids is 1. The first-order valence-electron chi connectivity index (χ1n) is 6.78. The van der Waals surface area contributed by atoms with E-state index in [1.165, 1.54) is 17.8 Å². The molecule has 0 radical (unpaired) electrons. The van der Waals surface area contributed by atoms with Crippen LogP contribution in [0.15, 0.2) is 30.5 Å². The minimum absolute atomic E-state index is 0.0900. The number of nitrogens with zero attached hydrogens (tertiary/aromatic N) is 2. The molecule has 1 saturated heterocycles. The van der Waals surface area contributed by atoms with Crippen molar-refractivity contribution in [2.75, 3.05) is 13.1 Å². The molecule has 4 nitrogen and oxygen atoms in total. The molecule has 1 amide bonds. The van der Waals surface area contributed by atoms with Crippen LogP contribution in [0.1, 0.15) is 28.9 Å². The lowest BCUT2D eigenvalue weighted by atomic mass is 10.1. The molecular weight excluding hydrogens is 272 g/mol. The summed E-state index contributed by atoms with van der Waals surface area (Å²) in [5, 5.41) is 10.1. The molecule has 5 heteroatoms. The van der Waals surface area contributed by atoms with E-state index >= 15 is 0 Å². The van der Waals surface area contributed by atoms with Crippen LogP contribution in [0.25, 0.3) is 10.6 Å². The van der Waals surface area contributed by atoms with Gasteiger partial charge in [-0.15, -0.1) is 11.3 Å². The lowest BCUT2D eigenvalue weighted by Crippen LogP contribution is -2.35. The molecule has 1 fully saturated rings. The van der Waals surface area contributed by atoms with E-state index in [-0.39, 0.29) is 11.7 Å². The van der Waals surface area contributed by atoms with Gasteiger partial charge in [0.25, 0.3) is 5.91 Å². The van der Waals surface area contributed by atoms with Gasteiger partial charge >= 0.3 is 0 Å². The van der Waals surface area contributed by atoms with Gasteiger partial charge in [0.15, 0.2) is 0 Å². The largest absolute Gasteiger partial charge is 0.508 e. The summed E-state index contributed by atoms with van der Waals surface area (Å²) in [6.07, 6.45) is 5.06. The number of likely N-dealkylation sites (tertiary alicyclic amines) is 1. The van der Waals surface area contributed by atoms with Crippen LogP contribution in [-0.2, 0) is 0 Å². The third-order valence-electron chi connectivity index (χ3n) is 3.47. The van der Waals surface area contributed by atoms with Gasteiger partial charge in [0, 0.05) is 18.7 Å². The molecule has 0 atom stereocenters. The maximum Gasteiger partial charge on any atom is 0.265 e.